The fourth-order valence-electron chi connectivity index (χ4n) is 2.33. The van der Waals surface area contributed by atoms with Gasteiger partial charge in [-0.15, -0.1) is 0 Å². The second-order valence-electron chi connectivity index (χ2n) is 5.17. The quantitative estimate of drug-likeness (QED) is 0.803. The van der Waals surface area contributed by atoms with Gasteiger partial charge in [-0.3, -0.25) is 9.69 Å². The number of carboxylic acids is 1. The molecule has 1 N–H and O–H groups in total. The lowest BCUT2D eigenvalue weighted by Gasteiger charge is -2.33. The van der Waals surface area contributed by atoms with Crippen molar-refractivity contribution in [3.63, 3.8) is 0 Å². The monoisotopic (exact) mass is 345 g/mol. The summed E-state index contributed by atoms with van der Waals surface area (Å²) in [5, 5.41) is 8.73. The third-order valence-corrected chi connectivity index (χ3v) is 4.07. The van der Waals surface area contributed by atoms with Crippen LogP contribution in [0.3, 0.4) is 0 Å². The van der Waals surface area contributed by atoms with E-state index in [1.807, 2.05) is 0 Å². The Kier molecular flexibility index (Phi) is 6.62. The van der Waals surface area contributed by atoms with Crippen LogP contribution < -0.4 is 0 Å². The molecule has 20 heavy (non-hydrogen) atoms. The van der Waals surface area contributed by atoms with Gasteiger partial charge in [-0.25, -0.2) is 4.39 Å². The lowest BCUT2D eigenvalue weighted by atomic mass is 10.0. The van der Waals surface area contributed by atoms with Crippen LogP contribution in [0.25, 0.3) is 0 Å². The van der Waals surface area contributed by atoms with Gasteiger partial charge in [-0.05, 0) is 51.4 Å². The van der Waals surface area contributed by atoms with Gasteiger partial charge < -0.3 is 5.11 Å². The van der Waals surface area contributed by atoms with Gasteiger partial charge in [-0.2, -0.15) is 0 Å². The predicted octanol–water partition coefficient (Wildman–Crippen LogP) is 4.22. The largest absolute Gasteiger partial charge is 0.481 e. The second-order valence-corrected chi connectivity index (χ2v) is 6.03. The van der Waals surface area contributed by atoms with Crippen LogP contribution >= 0.6 is 15.9 Å². The number of hydrogen-bond acceptors (Lipinski definition) is 2. The summed E-state index contributed by atoms with van der Waals surface area (Å²) in [5.74, 6) is -1.04. The number of aliphatic carboxylic acids is 1. The zero-order valence-corrected chi connectivity index (χ0v) is 13.7. The predicted molar refractivity (Wildman–Crippen MR) is 81.2 cm³/mol. The van der Waals surface area contributed by atoms with Gasteiger partial charge in [0.15, 0.2) is 0 Å². The van der Waals surface area contributed by atoms with Crippen LogP contribution in [0.15, 0.2) is 22.7 Å². The standard InChI is InChI=1S/C15H21BrFNO2/c1-10(2)18(8-4-5-15(19)20)11(3)13-7-6-12(17)9-14(13)16/h6-7,9-11H,4-5,8H2,1-3H3,(H,19,20). The second kappa shape index (κ2) is 7.74. The summed E-state index contributed by atoms with van der Waals surface area (Å²) in [6.45, 7) is 6.91. The molecule has 0 bridgehead atoms. The van der Waals surface area contributed by atoms with E-state index in [0.29, 0.717) is 13.0 Å². The Morgan fingerprint density at radius 3 is 2.55 bits per heavy atom. The maximum absolute atomic E-state index is 13.2. The molecule has 0 saturated heterocycles. The molecule has 0 aliphatic rings. The Bertz CT molecular complexity index is 465. The van der Waals surface area contributed by atoms with Gasteiger partial charge >= 0.3 is 5.97 Å². The van der Waals surface area contributed by atoms with Crippen molar-refractivity contribution in [1.29, 1.82) is 0 Å². The van der Waals surface area contributed by atoms with E-state index in [0.717, 1.165) is 10.0 Å². The van der Waals surface area contributed by atoms with Gasteiger partial charge in [0.2, 0.25) is 0 Å². The molecule has 0 saturated carbocycles. The Morgan fingerprint density at radius 1 is 1.40 bits per heavy atom. The number of halogens is 2. The number of hydrogen-bond donors (Lipinski definition) is 1. The van der Waals surface area contributed by atoms with Crippen LogP contribution in [-0.2, 0) is 4.79 Å². The first-order valence-corrected chi connectivity index (χ1v) is 7.54. The molecule has 3 nitrogen and oxygen atoms in total. The van der Waals surface area contributed by atoms with Gasteiger partial charge in [-0.1, -0.05) is 22.0 Å². The minimum atomic E-state index is -0.774. The van der Waals surface area contributed by atoms with E-state index in [1.165, 1.54) is 12.1 Å². The first-order chi connectivity index (χ1) is 9.32. The average Bonchev–Trinajstić information content (AvgIpc) is 2.33. The number of rotatable bonds is 7. The molecular weight excluding hydrogens is 325 g/mol. The highest BCUT2D eigenvalue weighted by atomic mass is 79.9. The zero-order chi connectivity index (χ0) is 15.3. The fraction of sp³-hybridized carbons (Fsp3) is 0.533. The first kappa shape index (κ1) is 17.1. The van der Waals surface area contributed by atoms with Crippen molar-refractivity contribution in [2.75, 3.05) is 6.54 Å². The third kappa shape index (κ3) is 4.87. The highest BCUT2D eigenvalue weighted by molar-refractivity contribution is 9.10. The molecule has 0 spiro atoms. The smallest absolute Gasteiger partial charge is 0.303 e. The highest BCUT2D eigenvalue weighted by Gasteiger charge is 2.20. The van der Waals surface area contributed by atoms with E-state index in [4.69, 9.17) is 5.11 Å². The van der Waals surface area contributed by atoms with E-state index >= 15 is 0 Å². The van der Waals surface area contributed by atoms with E-state index in [-0.39, 0.29) is 24.3 Å². The molecular formula is C15H21BrFNO2. The highest BCUT2D eigenvalue weighted by Crippen LogP contribution is 2.29. The summed E-state index contributed by atoms with van der Waals surface area (Å²) >= 11 is 3.40. The lowest BCUT2D eigenvalue weighted by Crippen LogP contribution is -2.34. The summed E-state index contributed by atoms with van der Waals surface area (Å²) in [6.07, 6.45) is 0.775. The Labute approximate surface area is 127 Å². The van der Waals surface area contributed by atoms with Crippen molar-refractivity contribution in [1.82, 2.24) is 4.90 Å². The van der Waals surface area contributed by atoms with E-state index in [2.05, 4.69) is 41.6 Å². The molecule has 0 aliphatic carbocycles. The van der Waals surface area contributed by atoms with Crippen molar-refractivity contribution < 1.29 is 14.3 Å². The molecule has 1 atom stereocenters. The molecule has 0 aromatic heterocycles. The first-order valence-electron chi connectivity index (χ1n) is 6.75. The summed E-state index contributed by atoms with van der Waals surface area (Å²) in [5.41, 5.74) is 1.01. The van der Waals surface area contributed by atoms with Crippen LogP contribution in [0.4, 0.5) is 4.39 Å². The maximum atomic E-state index is 13.2. The minimum absolute atomic E-state index is 0.0961. The van der Waals surface area contributed by atoms with Gasteiger partial charge in [0, 0.05) is 23.0 Å². The average molecular weight is 346 g/mol. The molecule has 1 aromatic carbocycles. The lowest BCUT2D eigenvalue weighted by molar-refractivity contribution is -0.137. The van der Waals surface area contributed by atoms with Crippen molar-refractivity contribution >= 4 is 21.9 Å². The van der Waals surface area contributed by atoms with E-state index in [1.54, 1.807) is 6.07 Å². The van der Waals surface area contributed by atoms with Crippen molar-refractivity contribution in [2.24, 2.45) is 0 Å². The Morgan fingerprint density at radius 2 is 2.05 bits per heavy atom. The molecule has 1 rings (SSSR count). The van der Waals surface area contributed by atoms with Crippen LogP contribution in [-0.4, -0.2) is 28.6 Å². The van der Waals surface area contributed by atoms with Crippen molar-refractivity contribution in [3.8, 4) is 0 Å². The Balaban J connectivity index is 2.82. The van der Waals surface area contributed by atoms with Crippen LogP contribution in [0.2, 0.25) is 0 Å². The van der Waals surface area contributed by atoms with Gasteiger partial charge in [0.25, 0.3) is 0 Å². The van der Waals surface area contributed by atoms with Crippen LogP contribution in [0.1, 0.15) is 45.2 Å². The summed E-state index contributed by atoms with van der Waals surface area (Å²) in [6, 6.07) is 5.07. The number of carboxylic acid groups (broad SMARTS) is 1. The zero-order valence-electron chi connectivity index (χ0n) is 12.1. The number of carbonyl (C=O) groups is 1. The summed E-state index contributed by atoms with van der Waals surface area (Å²) in [4.78, 5) is 12.8. The van der Waals surface area contributed by atoms with E-state index in [9.17, 15) is 9.18 Å². The molecule has 0 fully saturated rings. The molecule has 0 heterocycles. The minimum Gasteiger partial charge on any atom is -0.481 e. The molecule has 1 aromatic rings. The fourth-order valence-corrected chi connectivity index (χ4v) is 3.01. The molecule has 0 aliphatic heterocycles. The van der Waals surface area contributed by atoms with Crippen LogP contribution in [0.5, 0.6) is 0 Å². The summed E-state index contributed by atoms with van der Waals surface area (Å²) < 4.78 is 13.9. The molecule has 112 valence electrons. The molecule has 5 heteroatoms. The summed E-state index contributed by atoms with van der Waals surface area (Å²) in [7, 11) is 0. The van der Waals surface area contributed by atoms with Crippen molar-refractivity contribution in [3.05, 3.63) is 34.1 Å². The normalized spacial score (nSPS) is 12.9. The molecule has 0 amide bonds. The topological polar surface area (TPSA) is 40.5 Å². The van der Waals surface area contributed by atoms with Crippen LogP contribution in [0, 0.1) is 5.82 Å². The number of nitrogens with zero attached hydrogens (tertiary/aromatic N) is 1. The Hall–Kier alpha value is -0.940. The van der Waals surface area contributed by atoms with Gasteiger partial charge in [0.1, 0.15) is 5.82 Å². The molecule has 0 radical (unpaired) electrons. The molecule has 1 unspecified atom stereocenters. The van der Waals surface area contributed by atoms with Crippen molar-refractivity contribution in [2.45, 2.75) is 45.7 Å². The van der Waals surface area contributed by atoms with E-state index < -0.39 is 5.97 Å². The third-order valence-electron chi connectivity index (χ3n) is 3.38. The maximum Gasteiger partial charge on any atom is 0.303 e. The SMILES string of the molecule is CC(C)N(CCCC(=O)O)C(C)c1ccc(F)cc1Br. The van der Waals surface area contributed by atoms with Gasteiger partial charge in [0.05, 0.1) is 0 Å². The number of benzene rings is 1.